The summed E-state index contributed by atoms with van der Waals surface area (Å²) in [5, 5.41) is 2.48. The normalized spacial score (nSPS) is 16.4. The first-order valence-electron chi connectivity index (χ1n) is 5.17. The van der Waals surface area contributed by atoms with E-state index in [-0.39, 0.29) is 31.4 Å². The number of rotatable bonds is 3. The van der Waals surface area contributed by atoms with E-state index in [0.29, 0.717) is 5.89 Å². The third kappa shape index (κ3) is 2.21. The Hall–Kier alpha value is -1.85. The molecule has 1 aromatic heterocycles. The molecule has 16 heavy (non-hydrogen) atoms. The van der Waals surface area contributed by atoms with E-state index in [1.807, 2.05) is 6.92 Å². The largest absolute Gasteiger partial charge is 0.444 e. The van der Waals surface area contributed by atoms with Crippen LogP contribution in [0.3, 0.4) is 0 Å². The van der Waals surface area contributed by atoms with E-state index >= 15 is 0 Å². The number of piperazine rings is 1. The van der Waals surface area contributed by atoms with Gasteiger partial charge in [0.1, 0.15) is 12.3 Å². The molecule has 1 saturated heterocycles. The number of carbonyl (C=O) groups is 2. The molecular formula is C10H13N3O3. The van der Waals surface area contributed by atoms with Crippen LogP contribution in [0, 0.1) is 0 Å². The molecule has 1 fully saturated rings. The van der Waals surface area contributed by atoms with Crippen molar-refractivity contribution in [3.8, 4) is 0 Å². The predicted octanol–water partition coefficient (Wildman–Crippen LogP) is -0.305. The number of carbonyl (C=O) groups excluding carboxylic acids is 2. The Kier molecular flexibility index (Phi) is 2.89. The van der Waals surface area contributed by atoms with Crippen molar-refractivity contribution >= 4 is 11.8 Å². The van der Waals surface area contributed by atoms with Gasteiger partial charge in [-0.3, -0.25) is 9.59 Å². The van der Waals surface area contributed by atoms with Crippen molar-refractivity contribution in [2.45, 2.75) is 19.9 Å². The summed E-state index contributed by atoms with van der Waals surface area (Å²) in [6.07, 6.45) is 2.41. The lowest BCUT2D eigenvalue weighted by Gasteiger charge is -2.25. The van der Waals surface area contributed by atoms with Crippen molar-refractivity contribution in [2.24, 2.45) is 0 Å². The van der Waals surface area contributed by atoms with Gasteiger partial charge in [0.15, 0.2) is 0 Å². The fourth-order valence-electron chi connectivity index (χ4n) is 1.50. The monoisotopic (exact) mass is 223 g/mol. The highest BCUT2D eigenvalue weighted by Crippen LogP contribution is 2.08. The first-order chi connectivity index (χ1) is 7.69. The number of aryl methyl sites for hydroxylation is 1. The Bertz CT molecular complexity index is 413. The molecule has 0 aromatic carbocycles. The molecule has 2 amide bonds. The molecular weight excluding hydrogens is 210 g/mol. The summed E-state index contributed by atoms with van der Waals surface area (Å²) >= 11 is 0. The summed E-state index contributed by atoms with van der Waals surface area (Å²) in [6, 6.07) is 0. The van der Waals surface area contributed by atoms with Gasteiger partial charge in [0.2, 0.25) is 17.7 Å². The Morgan fingerprint density at radius 1 is 1.56 bits per heavy atom. The zero-order valence-corrected chi connectivity index (χ0v) is 9.02. The molecule has 86 valence electrons. The summed E-state index contributed by atoms with van der Waals surface area (Å²) < 4.78 is 5.38. The highest BCUT2D eigenvalue weighted by Gasteiger charge is 2.24. The average molecular weight is 223 g/mol. The van der Waals surface area contributed by atoms with E-state index in [1.165, 1.54) is 4.90 Å². The zero-order chi connectivity index (χ0) is 11.5. The summed E-state index contributed by atoms with van der Waals surface area (Å²) in [7, 11) is 0. The van der Waals surface area contributed by atoms with Crippen LogP contribution < -0.4 is 5.32 Å². The van der Waals surface area contributed by atoms with Crippen LogP contribution in [0.5, 0.6) is 0 Å². The summed E-state index contributed by atoms with van der Waals surface area (Å²) in [5.41, 5.74) is 0. The predicted molar refractivity (Wildman–Crippen MR) is 54.3 cm³/mol. The van der Waals surface area contributed by atoms with Gasteiger partial charge in [0, 0.05) is 6.42 Å². The van der Waals surface area contributed by atoms with Crippen molar-refractivity contribution in [3.63, 3.8) is 0 Å². The van der Waals surface area contributed by atoms with Gasteiger partial charge in [-0.15, -0.1) is 0 Å². The summed E-state index contributed by atoms with van der Waals surface area (Å²) in [4.78, 5) is 28.1. The Balaban J connectivity index is 2.02. The maximum Gasteiger partial charge on any atom is 0.242 e. The topological polar surface area (TPSA) is 75.4 Å². The van der Waals surface area contributed by atoms with E-state index in [0.717, 1.165) is 12.2 Å². The smallest absolute Gasteiger partial charge is 0.242 e. The summed E-state index contributed by atoms with van der Waals surface area (Å²) in [6.45, 7) is 2.35. The van der Waals surface area contributed by atoms with Gasteiger partial charge in [-0.1, -0.05) is 6.92 Å². The molecule has 1 aromatic rings. The maximum absolute atomic E-state index is 11.5. The van der Waals surface area contributed by atoms with Crippen molar-refractivity contribution in [1.82, 2.24) is 15.2 Å². The molecule has 1 aliphatic rings. The number of amides is 2. The van der Waals surface area contributed by atoms with Crippen LogP contribution in [-0.4, -0.2) is 34.8 Å². The third-order valence-corrected chi connectivity index (χ3v) is 2.40. The molecule has 0 aliphatic carbocycles. The van der Waals surface area contributed by atoms with Crippen LogP contribution in [-0.2, 0) is 22.6 Å². The van der Waals surface area contributed by atoms with E-state index in [4.69, 9.17) is 4.42 Å². The van der Waals surface area contributed by atoms with Gasteiger partial charge in [-0.25, -0.2) is 4.98 Å². The lowest BCUT2D eigenvalue weighted by atomic mass is 10.3. The molecule has 2 rings (SSSR count). The number of hydrogen-bond acceptors (Lipinski definition) is 4. The lowest BCUT2D eigenvalue weighted by Crippen LogP contribution is -2.51. The van der Waals surface area contributed by atoms with Gasteiger partial charge < -0.3 is 14.6 Å². The van der Waals surface area contributed by atoms with Crippen molar-refractivity contribution < 1.29 is 14.0 Å². The van der Waals surface area contributed by atoms with Gasteiger partial charge in [0.05, 0.1) is 19.3 Å². The fraction of sp³-hybridized carbons (Fsp3) is 0.500. The molecule has 0 atom stereocenters. The van der Waals surface area contributed by atoms with Gasteiger partial charge in [-0.05, 0) is 0 Å². The number of hydrogen-bond donors (Lipinski definition) is 1. The average Bonchev–Trinajstić information content (AvgIpc) is 2.71. The second-order valence-electron chi connectivity index (χ2n) is 3.60. The minimum Gasteiger partial charge on any atom is -0.444 e. The van der Waals surface area contributed by atoms with Crippen LogP contribution in [0.15, 0.2) is 10.6 Å². The highest BCUT2D eigenvalue weighted by atomic mass is 16.4. The molecule has 6 heteroatoms. The number of nitrogens with one attached hydrogen (secondary N) is 1. The quantitative estimate of drug-likeness (QED) is 0.763. The second kappa shape index (κ2) is 4.34. The third-order valence-electron chi connectivity index (χ3n) is 2.40. The molecule has 0 saturated carbocycles. The van der Waals surface area contributed by atoms with Crippen molar-refractivity contribution in [2.75, 3.05) is 13.1 Å². The van der Waals surface area contributed by atoms with Crippen LogP contribution in [0.4, 0.5) is 0 Å². The molecule has 1 aliphatic heterocycles. The van der Waals surface area contributed by atoms with Crippen molar-refractivity contribution in [3.05, 3.63) is 17.8 Å². The Morgan fingerprint density at radius 3 is 3.06 bits per heavy atom. The molecule has 0 radical (unpaired) electrons. The van der Waals surface area contributed by atoms with E-state index < -0.39 is 0 Å². The number of nitrogens with zero attached hydrogens (tertiary/aromatic N) is 2. The highest BCUT2D eigenvalue weighted by molar-refractivity contribution is 5.92. The lowest BCUT2D eigenvalue weighted by molar-refractivity contribution is -0.141. The first-order valence-corrected chi connectivity index (χ1v) is 5.17. The standard InChI is InChI=1S/C10H13N3O3/c1-2-7-3-12-9(16-7)6-13-5-8(14)11-4-10(13)15/h3H,2,4-6H2,1H3,(H,11,14). The van der Waals surface area contributed by atoms with E-state index in [1.54, 1.807) is 6.20 Å². The van der Waals surface area contributed by atoms with E-state index in [9.17, 15) is 9.59 Å². The summed E-state index contributed by atoms with van der Waals surface area (Å²) in [5.74, 6) is 0.988. The molecule has 0 bridgehead atoms. The van der Waals surface area contributed by atoms with Gasteiger partial charge in [0.25, 0.3) is 0 Å². The Labute approximate surface area is 92.6 Å². The number of aromatic nitrogens is 1. The van der Waals surface area contributed by atoms with E-state index in [2.05, 4.69) is 10.3 Å². The zero-order valence-electron chi connectivity index (χ0n) is 9.02. The Morgan fingerprint density at radius 2 is 2.38 bits per heavy atom. The maximum atomic E-state index is 11.5. The molecule has 2 heterocycles. The van der Waals surface area contributed by atoms with Crippen LogP contribution in [0.1, 0.15) is 18.6 Å². The second-order valence-corrected chi connectivity index (χ2v) is 3.60. The van der Waals surface area contributed by atoms with Crippen LogP contribution in [0.25, 0.3) is 0 Å². The minimum absolute atomic E-state index is 0.0557. The first kappa shape index (κ1) is 10.7. The molecule has 6 nitrogen and oxygen atoms in total. The fourth-order valence-corrected chi connectivity index (χ4v) is 1.50. The SMILES string of the molecule is CCc1cnc(CN2CC(=O)NCC2=O)o1. The molecule has 0 spiro atoms. The molecule has 0 unspecified atom stereocenters. The number of oxazole rings is 1. The minimum atomic E-state index is -0.151. The van der Waals surface area contributed by atoms with Gasteiger partial charge >= 0.3 is 0 Å². The van der Waals surface area contributed by atoms with Crippen LogP contribution in [0.2, 0.25) is 0 Å². The van der Waals surface area contributed by atoms with Crippen LogP contribution >= 0.6 is 0 Å². The van der Waals surface area contributed by atoms with Gasteiger partial charge in [-0.2, -0.15) is 0 Å². The molecule has 1 N–H and O–H groups in total. The van der Waals surface area contributed by atoms with Crippen molar-refractivity contribution in [1.29, 1.82) is 0 Å².